The predicted octanol–water partition coefficient (Wildman–Crippen LogP) is 5.59. The highest BCUT2D eigenvalue weighted by Crippen LogP contribution is 2.29. The van der Waals surface area contributed by atoms with Gasteiger partial charge in [0.15, 0.2) is 0 Å². The molecule has 0 aromatic rings. The van der Waals surface area contributed by atoms with Crippen molar-refractivity contribution in [2.75, 3.05) is 0 Å². The van der Waals surface area contributed by atoms with Crippen LogP contribution in [-0.2, 0) is 9.22 Å². The summed E-state index contributed by atoms with van der Waals surface area (Å²) in [6.45, 7) is 8.48. The Morgan fingerprint density at radius 2 is 1.11 bits per heavy atom. The van der Waals surface area contributed by atoms with E-state index in [2.05, 4.69) is 20.8 Å². The Labute approximate surface area is 121 Å². The van der Waals surface area contributed by atoms with E-state index in [-0.39, 0.29) is 0 Å². The Hall–Kier alpha value is -0.313. The van der Waals surface area contributed by atoms with Gasteiger partial charge in [-0.25, -0.2) is 4.79 Å². The average Bonchev–Trinajstić information content (AvgIpc) is 2.40. The van der Waals surface area contributed by atoms with E-state index in [9.17, 15) is 4.79 Å². The van der Waals surface area contributed by atoms with E-state index < -0.39 is 8.32 Å². The molecule has 0 saturated carbocycles. The molecule has 0 atom stereocenters. The van der Waals surface area contributed by atoms with Crippen LogP contribution in [0.4, 0.5) is 0 Å². The SMILES string of the molecule is CCCCC[Si](CCCCC)(CCCCC)O[C]=O. The molecule has 0 aliphatic rings. The standard InChI is InChI=1S/C16H33O2Si/c1-4-7-10-13-19(18-16-17,14-11-8-5-2)15-12-9-6-3/h4-15H2,1-3H3. The molecule has 0 aromatic carbocycles. The first kappa shape index (κ1) is 18.7. The fraction of sp³-hybridized carbons (Fsp3) is 0.938. The first-order valence-corrected chi connectivity index (χ1v) is 10.8. The van der Waals surface area contributed by atoms with Gasteiger partial charge >= 0.3 is 6.47 Å². The quantitative estimate of drug-likeness (QED) is 0.307. The Kier molecular flexibility index (Phi) is 12.5. The molecule has 0 aliphatic carbocycles. The Morgan fingerprint density at radius 1 is 0.737 bits per heavy atom. The summed E-state index contributed by atoms with van der Waals surface area (Å²) >= 11 is 0. The molecule has 2 nitrogen and oxygen atoms in total. The van der Waals surface area contributed by atoms with Crippen molar-refractivity contribution in [2.45, 2.75) is 96.7 Å². The second kappa shape index (κ2) is 12.7. The van der Waals surface area contributed by atoms with Gasteiger partial charge in [0, 0.05) is 0 Å². The van der Waals surface area contributed by atoms with E-state index in [0.717, 1.165) is 18.1 Å². The summed E-state index contributed by atoms with van der Waals surface area (Å²) in [7, 11) is -1.83. The topological polar surface area (TPSA) is 26.3 Å². The molecule has 1 radical (unpaired) electrons. The zero-order valence-corrected chi connectivity index (χ0v) is 14.3. The highest BCUT2D eigenvalue weighted by Gasteiger charge is 2.35. The van der Waals surface area contributed by atoms with Crippen molar-refractivity contribution >= 4 is 14.8 Å². The van der Waals surface area contributed by atoms with Gasteiger partial charge in [-0.2, -0.15) is 0 Å². The van der Waals surface area contributed by atoms with Crippen molar-refractivity contribution in [3.8, 4) is 0 Å². The molecule has 0 fully saturated rings. The van der Waals surface area contributed by atoms with E-state index >= 15 is 0 Å². The predicted molar refractivity (Wildman–Crippen MR) is 85.5 cm³/mol. The van der Waals surface area contributed by atoms with Gasteiger partial charge in [-0.3, -0.25) is 0 Å². The van der Waals surface area contributed by atoms with Gasteiger partial charge in [0.1, 0.15) is 0 Å². The van der Waals surface area contributed by atoms with Crippen molar-refractivity contribution in [2.24, 2.45) is 0 Å². The molecule has 0 amide bonds. The number of hydrogen-bond donors (Lipinski definition) is 0. The van der Waals surface area contributed by atoms with Crippen LogP contribution in [-0.4, -0.2) is 14.8 Å². The minimum Gasteiger partial charge on any atom is -0.511 e. The van der Waals surface area contributed by atoms with Crippen LogP contribution in [0.2, 0.25) is 18.1 Å². The van der Waals surface area contributed by atoms with Gasteiger partial charge in [-0.1, -0.05) is 78.6 Å². The number of carbonyl (C=O) groups excluding carboxylic acids is 1. The molecule has 0 N–H and O–H groups in total. The lowest BCUT2D eigenvalue weighted by Crippen LogP contribution is -2.37. The van der Waals surface area contributed by atoms with Crippen LogP contribution in [0.15, 0.2) is 0 Å². The second-order valence-corrected chi connectivity index (χ2v) is 9.81. The van der Waals surface area contributed by atoms with Crippen LogP contribution < -0.4 is 0 Å². The second-order valence-electron chi connectivity index (χ2n) is 5.74. The van der Waals surface area contributed by atoms with Crippen molar-refractivity contribution < 1.29 is 9.22 Å². The summed E-state index contributed by atoms with van der Waals surface area (Å²) in [6, 6.07) is 3.47. The van der Waals surface area contributed by atoms with Crippen molar-refractivity contribution in [3.05, 3.63) is 0 Å². The molecule has 0 saturated heterocycles. The molecule has 0 bridgehead atoms. The molecule has 0 unspecified atom stereocenters. The largest absolute Gasteiger partial charge is 0.511 e. The molecule has 19 heavy (non-hydrogen) atoms. The van der Waals surface area contributed by atoms with Crippen LogP contribution in [0.5, 0.6) is 0 Å². The van der Waals surface area contributed by atoms with Gasteiger partial charge < -0.3 is 4.43 Å². The number of hydrogen-bond acceptors (Lipinski definition) is 2. The van der Waals surface area contributed by atoms with Crippen LogP contribution >= 0.6 is 0 Å². The zero-order valence-electron chi connectivity index (χ0n) is 13.3. The summed E-state index contributed by atoms with van der Waals surface area (Å²) < 4.78 is 5.60. The lowest BCUT2D eigenvalue weighted by Gasteiger charge is -2.29. The molecule has 3 heteroatoms. The number of rotatable bonds is 14. The fourth-order valence-corrected chi connectivity index (χ4v) is 6.62. The van der Waals surface area contributed by atoms with Gasteiger partial charge in [-0.05, 0) is 18.1 Å². The van der Waals surface area contributed by atoms with E-state index in [0.29, 0.717) is 0 Å². The smallest absolute Gasteiger partial charge is 0.402 e. The van der Waals surface area contributed by atoms with E-state index in [1.807, 2.05) is 0 Å². The maximum Gasteiger partial charge on any atom is 0.402 e. The molecular weight excluding hydrogens is 252 g/mol. The van der Waals surface area contributed by atoms with Gasteiger partial charge in [0.05, 0.1) is 0 Å². The molecule has 113 valence electrons. The van der Waals surface area contributed by atoms with Gasteiger partial charge in [0.2, 0.25) is 0 Å². The lowest BCUT2D eigenvalue weighted by atomic mass is 10.3. The Bertz CT molecular complexity index is 180. The van der Waals surface area contributed by atoms with Crippen molar-refractivity contribution in [3.63, 3.8) is 0 Å². The van der Waals surface area contributed by atoms with E-state index in [4.69, 9.17) is 4.43 Å². The Balaban J connectivity index is 4.42. The fourth-order valence-electron chi connectivity index (χ4n) is 2.71. The van der Waals surface area contributed by atoms with Crippen LogP contribution in [0.3, 0.4) is 0 Å². The normalized spacial score (nSPS) is 11.5. The summed E-state index contributed by atoms with van der Waals surface area (Å²) in [5.41, 5.74) is 0. The molecule has 0 rings (SSSR count). The van der Waals surface area contributed by atoms with Crippen molar-refractivity contribution in [1.29, 1.82) is 0 Å². The minimum atomic E-state index is -1.83. The maximum absolute atomic E-state index is 10.8. The van der Waals surface area contributed by atoms with Crippen LogP contribution in [0.25, 0.3) is 0 Å². The third-order valence-electron chi connectivity index (χ3n) is 3.97. The van der Waals surface area contributed by atoms with Gasteiger partial charge in [0.25, 0.3) is 8.32 Å². The average molecular weight is 286 g/mol. The summed E-state index contributed by atoms with van der Waals surface area (Å²) in [6.07, 6.45) is 11.2. The van der Waals surface area contributed by atoms with Gasteiger partial charge in [-0.15, -0.1) is 0 Å². The molecule has 0 spiro atoms. The van der Waals surface area contributed by atoms with E-state index in [1.165, 1.54) is 57.8 Å². The third-order valence-corrected chi connectivity index (χ3v) is 8.28. The minimum absolute atomic E-state index is 1.16. The highest BCUT2D eigenvalue weighted by atomic mass is 28.4. The van der Waals surface area contributed by atoms with Crippen LogP contribution in [0, 0.1) is 0 Å². The molecular formula is C16H33O2Si. The molecule has 0 heterocycles. The molecule has 0 aliphatic heterocycles. The van der Waals surface area contributed by atoms with Crippen LogP contribution in [0.1, 0.15) is 78.6 Å². The summed E-state index contributed by atoms with van der Waals surface area (Å²) in [5.74, 6) is 0. The third kappa shape index (κ3) is 9.25. The molecule has 0 aromatic heterocycles. The number of unbranched alkanes of at least 4 members (excludes halogenated alkanes) is 6. The summed E-state index contributed by atoms with van der Waals surface area (Å²) in [4.78, 5) is 10.8. The first-order chi connectivity index (χ1) is 9.24. The lowest BCUT2D eigenvalue weighted by molar-refractivity contribution is 0.422. The van der Waals surface area contributed by atoms with E-state index in [1.54, 1.807) is 6.47 Å². The van der Waals surface area contributed by atoms with Crippen molar-refractivity contribution in [1.82, 2.24) is 0 Å². The highest BCUT2D eigenvalue weighted by molar-refractivity contribution is 6.74. The maximum atomic E-state index is 10.8. The monoisotopic (exact) mass is 285 g/mol. The zero-order chi connectivity index (χ0) is 14.4. The first-order valence-electron chi connectivity index (χ1n) is 8.29. The Morgan fingerprint density at radius 3 is 1.37 bits per heavy atom. The summed E-state index contributed by atoms with van der Waals surface area (Å²) in [5, 5.41) is 0.